The van der Waals surface area contributed by atoms with Crippen LogP contribution in [0.4, 0.5) is 0 Å². The predicted molar refractivity (Wildman–Crippen MR) is 88.7 cm³/mol. The van der Waals surface area contributed by atoms with Gasteiger partial charge in [0.05, 0.1) is 0 Å². The summed E-state index contributed by atoms with van der Waals surface area (Å²) < 4.78 is 0. The molecule has 0 fully saturated rings. The van der Waals surface area contributed by atoms with Crippen molar-refractivity contribution in [1.82, 2.24) is 5.32 Å². The van der Waals surface area contributed by atoms with Gasteiger partial charge in [-0.3, -0.25) is 0 Å². The van der Waals surface area contributed by atoms with Crippen LogP contribution >= 0.6 is 0 Å². The Morgan fingerprint density at radius 3 is 1.84 bits per heavy atom. The standard InChI is InChI=1S/C18H39N/c1-7-10-12-14-18(16(6)13-11-8-2)19-17(9-3)15(4)5/h15-19H,7-14H2,1-6H3. The van der Waals surface area contributed by atoms with Crippen molar-refractivity contribution in [2.75, 3.05) is 0 Å². The fourth-order valence-corrected chi connectivity index (χ4v) is 2.93. The van der Waals surface area contributed by atoms with E-state index in [0.29, 0.717) is 6.04 Å². The first-order chi connectivity index (χ1) is 9.06. The van der Waals surface area contributed by atoms with Crippen LogP contribution in [0, 0.1) is 11.8 Å². The highest BCUT2D eigenvalue weighted by Gasteiger charge is 2.21. The molecule has 1 nitrogen and oxygen atoms in total. The summed E-state index contributed by atoms with van der Waals surface area (Å²) in [6.45, 7) is 14.1. The van der Waals surface area contributed by atoms with Crippen LogP contribution in [0.1, 0.15) is 92.9 Å². The van der Waals surface area contributed by atoms with Gasteiger partial charge in [-0.05, 0) is 31.1 Å². The zero-order chi connectivity index (χ0) is 14.7. The fourth-order valence-electron chi connectivity index (χ4n) is 2.93. The summed E-state index contributed by atoms with van der Waals surface area (Å²) in [5.74, 6) is 1.57. The van der Waals surface area contributed by atoms with Crippen LogP contribution in [0.5, 0.6) is 0 Å². The molecule has 0 saturated carbocycles. The molecule has 3 unspecified atom stereocenters. The molecular weight excluding hydrogens is 230 g/mol. The first kappa shape index (κ1) is 19.0. The first-order valence-electron chi connectivity index (χ1n) is 8.82. The van der Waals surface area contributed by atoms with Crippen molar-refractivity contribution < 1.29 is 0 Å². The Kier molecular flexibility index (Phi) is 11.7. The van der Waals surface area contributed by atoms with Gasteiger partial charge in [0.15, 0.2) is 0 Å². The lowest BCUT2D eigenvalue weighted by Crippen LogP contribution is -2.44. The maximum Gasteiger partial charge on any atom is 0.00953 e. The van der Waals surface area contributed by atoms with E-state index in [1.807, 2.05) is 0 Å². The normalized spacial score (nSPS) is 16.6. The van der Waals surface area contributed by atoms with Crippen LogP contribution in [0.25, 0.3) is 0 Å². The van der Waals surface area contributed by atoms with Gasteiger partial charge in [-0.15, -0.1) is 0 Å². The summed E-state index contributed by atoms with van der Waals surface area (Å²) in [6, 6.07) is 1.42. The first-order valence-corrected chi connectivity index (χ1v) is 8.82. The van der Waals surface area contributed by atoms with Crippen LogP contribution in [0.3, 0.4) is 0 Å². The third-order valence-corrected chi connectivity index (χ3v) is 4.49. The maximum atomic E-state index is 3.97. The van der Waals surface area contributed by atoms with E-state index in [1.54, 1.807) is 0 Å². The highest BCUT2D eigenvalue weighted by atomic mass is 15.0. The summed E-state index contributed by atoms with van der Waals surface area (Å²) in [4.78, 5) is 0. The monoisotopic (exact) mass is 269 g/mol. The summed E-state index contributed by atoms with van der Waals surface area (Å²) in [5.41, 5.74) is 0. The molecule has 0 aliphatic rings. The van der Waals surface area contributed by atoms with E-state index < -0.39 is 0 Å². The second-order valence-corrected chi connectivity index (χ2v) is 6.65. The highest BCUT2D eigenvalue weighted by molar-refractivity contribution is 4.79. The predicted octanol–water partition coefficient (Wildman–Crippen LogP) is 5.79. The molecule has 1 heteroatoms. The Balaban J connectivity index is 4.37. The molecule has 3 atom stereocenters. The summed E-state index contributed by atoms with van der Waals surface area (Å²) in [6.07, 6.45) is 10.8. The van der Waals surface area contributed by atoms with E-state index in [0.717, 1.165) is 17.9 Å². The fraction of sp³-hybridized carbons (Fsp3) is 1.00. The topological polar surface area (TPSA) is 12.0 Å². The third-order valence-electron chi connectivity index (χ3n) is 4.49. The molecule has 0 rings (SSSR count). The molecular formula is C18H39N. The SMILES string of the molecule is CCCCCC(NC(CC)C(C)C)C(C)CCCC. The molecule has 0 aromatic rings. The smallest absolute Gasteiger partial charge is 0.00953 e. The number of rotatable bonds is 12. The summed E-state index contributed by atoms with van der Waals surface area (Å²) in [7, 11) is 0. The van der Waals surface area contributed by atoms with Crippen molar-refractivity contribution in [2.24, 2.45) is 11.8 Å². The van der Waals surface area contributed by atoms with Gasteiger partial charge in [0.2, 0.25) is 0 Å². The molecule has 0 heterocycles. The molecule has 1 N–H and O–H groups in total. The van der Waals surface area contributed by atoms with E-state index in [2.05, 4.69) is 46.9 Å². The molecule has 0 bridgehead atoms. The summed E-state index contributed by atoms with van der Waals surface area (Å²) in [5, 5.41) is 3.97. The van der Waals surface area contributed by atoms with Gasteiger partial charge in [0.25, 0.3) is 0 Å². The molecule has 116 valence electrons. The largest absolute Gasteiger partial charge is 0.311 e. The van der Waals surface area contributed by atoms with Gasteiger partial charge in [-0.25, -0.2) is 0 Å². The third kappa shape index (κ3) is 8.68. The lowest BCUT2D eigenvalue weighted by atomic mass is 9.89. The van der Waals surface area contributed by atoms with Crippen LogP contribution in [-0.4, -0.2) is 12.1 Å². The molecule has 19 heavy (non-hydrogen) atoms. The molecule has 0 saturated heterocycles. The molecule has 0 aromatic carbocycles. The minimum absolute atomic E-state index is 0.690. The Hall–Kier alpha value is -0.0400. The van der Waals surface area contributed by atoms with Crippen LogP contribution in [0.2, 0.25) is 0 Å². The number of unbranched alkanes of at least 4 members (excludes halogenated alkanes) is 3. The summed E-state index contributed by atoms with van der Waals surface area (Å²) >= 11 is 0. The van der Waals surface area contributed by atoms with Gasteiger partial charge in [-0.1, -0.05) is 73.6 Å². The van der Waals surface area contributed by atoms with Crippen molar-refractivity contribution in [2.45, 2.75) is 105 Å². The highest BCUT2D eigenvalue weighted by Crippen LogP contribution is 2.20. The van der Waals surface area contributed by atoms with Crippen molar-refractivity contribution in [3.05, 3.63) is 0 Å². The molecule has 0 spiro atoms. The molecule has 0 amide bonds. The average molecular weight is 270 g/mol. The van der Waals surface area contributed by atoms with E-state index in [9.17, 15) is 0 Å². The Labute approximate surface area is 122 Å². The van der Waals surface area contributed by atoms with Crippen molar-refractivity contribution >= 4 is 0 Å². The minimum atomic E-state index is 0.690. The zero-order valence-electron chi connectivity index (χ0n) is 14.5. The Morgan fingerprint density at radius 2 is 1.37 bits per heavy atom. The van der Waals surface area contributed by atoms with Crippen molar-refractivity contribution in [3.63, 3.8) is 0 Å². The molecule has 0 radical (unpaired) electrons. The lowest BCUT2D eigenvalue weighted by Gasteiger charge is -2.32. The number of hydrogen-bond acceptors (Lipinski definition) is 1. The molecule has 0 aliphatic heterocycles. The average Bonchev–Trinajstić information content (AvgIpc) is 2.39. The molecule has 0 aromatic heterocycles. The second kappa shape index (κ2) is 11.8. The van der Waals surface area contributed by atoms with Crippen LogP contribution < -0.4 is 5.32 Å². The van der Waals surface area contributed by atoms with E-state index in [1.165, 1.54) is 51.4 Å². The molecule has 0 aliphatic carbocycles. The van der Waals surface area contributed by atoms with Gasteiger partial charge in [0, 0.05) is 12.1 Å². The number of nitrogens with one attached hydrogen (secondary N) is 1. The second-order valence-electron chi connectivity index (χ2n) is 6.65. The van der Waals surface area contributed by atoms with Crippen molar-refractivity contribution in [1.29, 1.82) is 0 Å². The maximum absolute atomic E-state index is 3.97. The van der Waals surface area contributed by atoms with Gasteiger partial charge < -0.3 is 5.32 Å². The quantitative estimate of drug-likeness (QED) is 0.442. The van der Waals surface area contributed by atoms with E-state index in [4.69, 9.17) is 0 Å². The van der Waals surface area contributed by atoms with Gasteiger partial charge in [0.1, 0.15) is 0 Å². The van der Waals surface area contributed by atoms with Gasteiger partial charge >= 0.3 is 0 Å². The zero-order valence-corrected chi connectivity index (χ0v) is 14.5. The van der Waals surface area contributed by atoms with Crippen LogP contribution in [-0.2, 0) is 0 Å². The number of hydrogen-bond donors (Lipinski definition) is 1. The van der Waals surface area contributed by atoms with E-state index >= 15 is 0 Å². The van der Waals surface area contributed by atoms with Gasteiger partial charge in [-0.2, -0.15) is 0 Å². The van der Waals surface area contributed by atoms with Crippen molar-refractivity contribution in [3.8, 4) is 0 Å². The lowest BCUT2D eigenvalue weighted by molar-refractivity contribution is 0.261. The minimum Gasteiger partial charge on any atom is -0.311 e. The Bertz CT molecular complexity index is 188. The van der Waals surface area contributed by atoms with Crippen LogP contribution in [0.15, 0.2) is 0 Å². The van der Waals surface area contributed by atoms with E-state index in [-0.39, 0.29) is 0 Å². The Morgan fingerprint density at radius 1 is 0.737 bits per heavy atom.